The topological polar surface area (TPSA) is 62.2 Å². The Labute approximate surface area is 91.6 Å². The fourth-order valence-corrected chi connectivity index (χ4v) is 1.26. The molecule has 0 aliphatic rings. The molecule has 92 valence electrons. The maximum atomic E-state index is 9.59. The molecule has 15 heavy (non-hydrogen) atoms. The van der Waals surface area contributed by atoms with E-state index in [-0.39, 0.29) is 6.61 Å². The molecule has 0 aromatic heterocycles. The Hall–Kier alpha value is -0.200. The van der Waals surface area contributed by atoms with Crippen molar-refractivity contribution in [3.8, 4) is 0 Å². The molecule has 0 saturated carbocycles. The van der Waals surface area contributed by atoms with Crippen LogP contribution in [0.15, 0.2) is 0 Å². The fourth-order valence-electron chi connectivity index (χ4n) is 1.26. The minimum Gasteiger partial charge on any atom is -0.395 e. The first-order valence-electron chi connectivity index (χ1n) is 5.32. The third-order valence-corrected chi connectivity index (χ3v) is 2.01. The van der Waals surface area contributed by atoms with Crippen LogP contribution in [0.25, 0.3) is 0 Å². The van der Waals surface area contributed by atoms with Crippen LogP contribution in [0.4, 0.5) is 0 Å². The molecule has 0 rings (SSSR count). The van der Waals surface area contributed by atoms with Crippen molar-refractivity contribution in [3.63, 3.8) is 0 Å². The van der Waals surface area contributed by atoms with Gasteiger partial charge in [0.1, 0.15) is 0 Å². The summed E-state index contributed by atoms with van der Waals surface area (Å²) in [4.78, 5) is 1.95. The zero-order chi connectivity index (χ0) is 11.5. The standard InChI is InChI=1S/C10H23NO4/c1-3-15-9-10(13)8-11(4-6-12)5-7-14-2/h10,12-13H,3-9H2,1-2H3. The van der Waals surface area contributed by atoms with Crippen LogP contribution in [-0.4, -0.2) is 74.4 Å². The lowest BCUT2D eigenvalue weighted by molar-refractivity contribution is 0.0136. The normalized spacial score (nSPS) is 13.4. The maximum Gasteiger partial charge on any atom is 0.0900 e. The molecule has 5 nitrogen and oxygen atoms in total. The Kier molecular flexibility index (Phi) is 10.2. The van der Waals surface area contributed by atoms with Gasteiger partial charge >= 0.3 is 0 Å². The lowest BCUT2D eigenvalue weighted by Gasteiger charge is -2.23. The minimum atomic E-state index is -0.506. The number of methoxy groups -OCH3 is 1. The number of hydrogen-bond acceptors (Lipinski definition) is 5. The summed E-state index contributed by atoms with van der Waals surface area (Å²) in [6, 6.07) is 0. The van der Waals surface area contributed by atoms with Gasteiger partial charge in [0, 0.05) is 33.4 Å². The van der Waals surface area contributed by atoms with E-state index in [0.717, 1.165) is 0 Å². The van der Waals surface area contributed by atoms with Crippen molar-refractivity contribution >= 4 is 0 Å². The van der Waals surface area contributed by atoms with Gasteiger partial charge in [-0.25, -0.2) is 0 Å². The van der Waals surface area contributed by atoms with E-state index in [1.54, 1.807) is 7.11 Å². The smallest absolute Gasteiger partial charge is 0.0900 e. The van der Waals surface area contributed by atoms with Crippen molar-refractivity contribution in [3.05, 3.63) is 0 Å². The maximum absolute atomic E-state index is 9.59. The summed E-state index contributed by atoms with van der Waals surface area (Å²) in [5, 5.41) is 18.4. The van der Waals surface area contributed by atoms with Crippen molar-refractivity contribution in [1.29, 1.82) is 0 Å². The molecule has 0 spiro atoms. The van der Waals surface area contributed by atoms with E-state index < -0.39 is 6.10 Å². The first-order valence-corrected chi connectivity index (χ1v) is 5.32. The van der Waals surface area contributed by atoms with Crippen molar-refractivity contribution < 1.29 is 19.7 Å². The Morgan fingerprint density at radius 3 is 2.60 bits per heavy atom. The highest BCUT2D eigenvalue weighted by atomic mass is 16.5. The predicted molar refractivity (Wildman–Crippen MR) is 57.9 cm³/mol. The monoisotopic (exact) mass is 221 g/mol. The van der Waals surface area contributed by atoms with Gasteiger partial charge in [-0.2, -0.15) is 0 Å². The number of nitrogens with zero attached hydrogens (tertiary/aromatic N) is 1. The summed E-state index contributed by atoms with van der Waals surface area (Å²) >= 11 is 0. The molecule has 1 atom stereocenters. The number of hydrogen-bond donors (Lipinski definition) is 2. The van der Waals surface area contributed by atoms with E-state index in [9.17, 15) is 5.11 Å². The van der Waals surface area contributed by atoms with Gasteiger partial charge in [0.15, 0.2) is 0 Å². The molecule has 0 heterocycles. The van der Waals surface area contributed by atoms with E-state index in [1.807, 2.05) is 11.8 Å². The summed E-state index contributed by atoms with van der Waals surface area (Å²) in [7, 11) is 1.63. The van der Waals surface area contributed by atoms with Gasteiger partial charge in [-0.3, -0.25) is 4.90 Å². The van der Waals surface area contributed by atoms with Crippen LogP contribution in [0.3, 0.4) is 0 Å². The largest absolute Gasteiger partial charge is 0.395 e. The van der Waals surface area contributed by atoms with Crippen LogP contribution >= 0.6 is 0 Å². The van der Waals surface area contributed by atoms with Crippen LogP contribution in [0.5, 0.6) is 0 Å². The van der Waals surface area contributed by atoms with Gasteiger partial charge in [-0.1, -0.05) is 0 Å². The number of aliphatic hydroxyl groups excluding tert-OH is 2. The summed E-state index contributed by atoms with van der Waals surface area (Å²) in [6.45, 7) is 5.28. The lowest BCUT2D eigenvalue weighted by atomic mass is 10.3. The molecule has 0 bridgehead atoms. The molecule has 0 radical (unpaired) electrons. The van der Waals surface area contributed by atoms with Crippen LogP contribution < -0.4 is 0 Å². The Morgan fingerprint density at radius 1 is 1.33 bits per heavy atom. The molecule has 0 aromatic rings. The van der Waals surface area contributed by atoms with Gasteiger partial charge in [-0.15, -0.1) is 0 Å². The van der Waals surface area contributed by atoms with Gasteiger partial charge in [-0.05, 0) is 6.92 Å². The van der Waals surface area contributed by atoms with Crippen LogP contribution in [0.1, 0.15) is 6.92 Å². The van der Waals surface area contributed by atoms with Gasteiger partial charge in [0.25, 0.3) is 0 Å². The minimum absolute atomic E-state index is 0.0884. The molecule has 5 heteroatoms. The van der Waals surface area contributed by atoms with E-state index in [1.165, 1.54) is 0 Å². The van der Waals surface area contributed by atoms with E-state index in [2.05, 4.69) is 0 Å². The SMILES string of the molecule is CCOCC(O)CN(CCO)CCOC. The van der Waals surface area contributed by atoms with Gasteiger partial charge in [0.05, 0.1) is 25.9 Å². The summed E-state index contributed by atoms with van der Waals surface area (Å²) in [5.74, 6) is 0. The zero-order valence-corrected chi connectivity index (χ0v) is 9.69. The lowest BCUT2D eigenvalue weighted by Crippen LogP contribution is -2.38. The first-order chi connectivity index (χ1) is 7.24. The number of ether oxygens (including phenoxy) is 2. The van der Waals surface area contributed by atoms with Crippen molar-refractivity contribution in [1.82, 2.24) is 4.90 Å². The molecular formula is C10H23NO4. The third-order valence-electron chi connectivity index (χ3n) is 2.01. The molecule has 0 saturated heterocycles. The highest BCUT2D eigenvalue weighted by Crippen LogP contribution is 1.94. The number of rotatable bonds is 10. The van der Waals surface area contributed by atoms with Gasteiger partial charge in [0.2, 0.25) is 0 Å². The molecular weight excluding hydrogens is 198 g/mol. The molecule has 0 fully saturated rings. The fraction of sp³-hybridized carbons (Fsp3) is 1.00. The first kappa shape index (κ1) is 14.8. The second-order valence-corrected chi connectivity index (χ2v) is 3.33. The van der Waals surface area contributed by atoms with Crippen LogP contribution in [0.2, 0.25) is 0 Å². The highest BCUT2D eigenvalue weighted by Gasteiger charge is 2.10. The molecule has 0 amide bonds. The average Bonchev–Trinajstić information content (AvgIpc) is 2.23. The molecule has 2 N–H and O–H groups in total. The second-order valence-electron chi connectivity index (χ2n) is 3.33. The Morgan fingerprint density at radius 2 is 2.07 bits per heavy atom. The van der Waals surface area contributed by atoms with Crippen LogP contribution in [-0.2, 0) is 9.47 Å². The molecule has 1 unspecified atom stereocenters. The van der Waals surface area contributed by atoms with E-state index in [0.29, 0.717) is 39.5 Å². The molecule has 0 aromatic carbocycles. The quantitative estimate of drug-likeness (QED) is 0.512. The summed E-state index contributed by atoms with van der Waals surface area (Å²) in [6.07, 6.45) is -0.506. The third kappa shape index (κ3) is 8.77. The van der Waals surface area contributed by atoms with Crippen molar-refractivity contribution in [2.45, 2.75) is 13.0 Å². The molecule has 0 aliphatic carbocycles. The summed E-state index contributed by atoms with van der Waals surface area (Å²) in [5.41, 5.74) is 0. The van der Waals surface area contributed by atoms with E-state index >= 15 is 0 Å². The highest BCUT2D eigenvalue weighted by molar-refractivity contribution is 4.63. The average molecular weight is 221 g/mol. The Balaban J connectivity index is 3.70. The zero-order valence-electron chi connectivity index (χ0n) is 9.69. The van der Waals surface area contributed by atoms with E-state index in [4.69, 9.17) is 14.6 Å². The van der Waals surface area contributed by atoms with Gasteiger partial charge < -0.3 is 19.7 Å². The van der Waals surface area contributed by atoms with Crippen molar-refractivity contribution in [2.24, 2.45) is 0 Å². The molecule has 0 aliphatic heterocycles. The predicted octanol–water partition coefficient (Wildman–Crippen LogP) is -0.675. The summed E-state index contributed by atoms with van der Waals surface area (Å²) < 4.78 is 10.1. The van der Waals surface area contributed by atoms with Crippen molar-refractivity contribution in [2.75, 3.05) is 53.2 Å². The second kappa shape index (κ2) is 10.3. The van der Waals surface area contributed by atoms with Crippen LogP contribution in [0, 0.1) is 0 Å². The number of aliphatic hydroxyl groups is 2. The Bertz CT molecular complexity index is 135.